The molecule has 3 rings (SSSR count). The van der Waals surface area contributed by atoms with Crippen LogP contribution in [0, 0.1) is 0 Å². The number of phenolic OH excluding ortho intramolecular Hbond substituents is 3. The van der Waals surface area contributed by atoms with Gasteiger partial charge in [0.15, 0.2) is 0 Å². The number of phenols is 3. The lowest BCUT2D eigenvalue weighted by molar-refractivity contribution is -0.136. The number of carbonyl (C=O) groups excluding carboxylic acids is 1. The average molecular weight is 413 g/mol. The first kappa shape index (κ1) is 20.2. The molecular formula is C21H19NO6S. The molecule has 29 heavy (non-hydrogen) atoms. The topological polar surface area (TPSA) is 127 Å². The van der Waals surface area contributed by atoms with Crippen molar-refractivity contribution in [2.75, 3.05) is 5.32 Å². The number of rotatable bonds is 7. The minimum Gasteiger partial charge on any atom is -0.508 e. The number of benzene rings is 2. The summed E-state index contributed by atoms with van der Waals surface area (Å²) in [5.74, 6) is -2.03. The fourth-order valence-electron chi connectivity index (χ4n) is 2.91. The van der Waals surface area contributed by atoms with Crippen LogP contribution in [0.15, 0.2) is 48.5 Å². The Morgan fingerprint density at radius 2 is 1.66 bits per heavy atom. The van der Waals surface area contributed by atoms with E-state index in [-0.39, 0.29) is 48.0 Å². The van der Waals surface area contributed by atoms with Crippen molar-refractivity contribution in [3.8, 4) is 27.7 Å². The molecule has 0 aliphatic heterocycles. The third-order valence-corrected chi connectivity index (χ3v) is 5.36. The van der Waals surface area contributed by atoms with Crippen LogP contribution in [0.5, 0.6) is 17.2 Å². The number of hydrogen-bond donors (Lipinski definition) is 5. The van der Waals surface area contributed by atoms with Gasteiger partial charge in [-0.05, 0) is 24.6 Å². The van der Waals surface area contributed by atoms with E-state index < -0.39 is 5.97 Å². The van der Waals surface area contributed by atoms with Crippen molar-refractivity contribution in [2.24, 2.45) is 0 Å². The molecule has 0 saturated carbocycles. The molecule has 8 heteroatoms. The number of para-hydroxylation sites is 1. The van der Waals surface area contributed by atoms with Crippen LogP contribution in [0.25, 0.3) is 10.4 Å². The van der Waals surface area contributed by atoms with Crippen LogP contribution in [-0.4, -0.2) is 32.3 Å². The van der Waals surface area contributed by atoms with E-state index in [0.29, 0.717) is 10.6 Å². The lowest BCUT2D eigenvalue weighted by Gasteiger charge is -2.11. The number of thiophene rings is 1. The number of carboxylic acid groups (broad SMARTS) is 1. The zero-order valence-corrected chi connectivity index (χ0v) is 16.1. The summed E-state index contributed by atoms with van der Waals surface area (Å²) >= 11 is 1.35. The van der Waals surface area contributed by atoms with E-state index in [1.165, 1.54) is 11.3 Å². The maximum Gasteiger partial charge on any atom is 0.308 e. The number of carboxylic acids is 1. The summed E-state index contributed by atoms with van der Waals surface area (Å²) in [5, 5.41) is 40.8. The highest BCUT2D eigenvalue weighted by molar-refractivity contribution is 7.15. The summed E-state index contributed by atoms with van der Waals surface area (Å²) in [6.45, 7) is 0. The zero-order chi connectivity index (χ0) is 21.0. The fourth-order valence-corrected chi connectivity index (χ4v) is 3.95. The predicted octanol–water partition coefficient (Wildman–Crippen LogP) is 3.73. The van der Waals surface area contributed by atoms with Gasteiger partial charge in [0.2, 0.25) is 5.91 Å². The molecule has 1 amide bonds. The van der Waals surface area contributed by atoms with E-state index in [9.17, 15) is 24.9 Å². The lowest BCUT2D eigenvalue weighted by Crippen LogP contribution is -2.13. The summed E-state index contributed by atoms with van der Waals surface area (Å²) < 4.78 is 0. The van der Waals surface area contributed by atoms with Crippen molar-refractivity contribution in [1.29, 1.82) is 0 Å². The first-order valence-electron chi connectivity index (χ1n) is 8.77. The van der Waals surface area contributed by atoms with Crippen molar-refractivity contribution in [3.05, 3.63) is 59.0 Å². The highest BCUT2D eigenvalue weighted by atomic mass is 32.1. The van der Waals surface area contributed by atoms with Gasteiger partial charge in [-0.3, -0.25) is 9.59 Å². The van der Waals surface area contributed by atoms with E-state index in [1.54, 1.807) is 18.2 Å². The molecular weight excluding hydrogens is 394 g/mol. The van der Waals surface area contributed by atoms with E-state index in [1.807, 2.05) is 18.2 Å². The Hall–Kier alpha value is -3.52. The van der Waals surface area contributed by atoms with Crippen LogP contribution in [0.1, 0.15) is 16.9 Å². The molecule has 0 unspecified atom stereocenters. The Labute approximate surface area is 170 Å². The van der Waals surface area contributed by atoms with Gasteiger partial charge in [-0.2, -0.15) is 0 Å². The molecule has 0 fully saturated rings. The van der Waals surface area contributed by atoms with Crippen LogP contribution >= 0.6 is 11.3 Å². The smallest absolute Gasteiger partial charge is 0.308 e. The summed E-state index contributed by atoms with van der Waals surface area (Å²) in [6.07, 6.45) is 0.0431. The third-order valence-electron chi connectivity index (χ3n) is 4.24. The largest absolute Gasteiger partial charge is 0.508 e. The van der Waals surface area contributed by atoms with Crippen molar-refractivity contribution in [3.63, 3.8) is 0 Å². The Morgan fingerprint density at radius 3 is 2.34 bits per heavy atom. The number of carbonyl (C=O) groups is 2. The van der Waals surface area contributed by atoms with Crippen LogP contribution in [0.4, 0.5) is 5.69 Å². The van der Waals surface area contributed by atoms with E-state index in [2.05, 4.69) is 5.32 Å². The third kappa shape index (κ3) is 5.05. The number of aliphatic carboxylic acids is 1. The maximum atomic E-state index is 12.4. The van der Waals surface area contributed by atoms with Crippen LogP contribution in [-0.2, 0) is 22.4 Å². The first-order chi connectivity index (χ1) is 13.8. The van der Waals surface area contributed by atoms with Gasteiger partial charge in [0, 0.05) is 45.1 Å². The number of anilines is 1. The molecule has 5 N–H and O–H groups in total. The maximum absolute atomic E-state index is 12.4. The van der Waals surface area contributed by atoms with Gasteiger partial charge in [-0.25, -0.2) is 0 Å². The highest BCUT2D eigenvalue weighted by Crippen LogP contribution is 2.35. The van der Waals surface area contributed by atoms with E-state index in [0.717, 1.165) is 22.6 Å². The molecule has 0 saturated heterocycles. The highest BCUT2D eigenvalue weighted by Gasteiger charge is 2.14. The van der Waals surface area contributed by atoms with Crippen LogP contribution in [0.2, 0.25) is 0 Å². The molecule has 7 nitrogen and oxygen atoms in total. The van der Waals surface area contributed by atoms with Gasteiger partial charge < -0.3 is 25.7 Å². The number of hydrogen-bond acceptors (Lipinski definition) is 6. The number of amides is 1. The Morgan fingerprint density at radius 1 is 0.966 bits per heavy atom. The monoisotopic (exact) mass is 413 g/mol. The lowest BCUT2D eigenvalue weighted by atomic mass is 10.1. The van der Waals surface area contributed by atoms with Gasteiger partial charge in [-0.1, -0.05) is 18.2 Å². The SMILES string of the molecule is O=C(O)Cc1ccc(-c2ccccc2NC(=O)CCc2c(O)cc(O)cc2O)s1. The van der Waals surface area contributed by atoms with Crippen LogP contribution < -0.4 is 5.32 Å². The standard InChI is InChI=1S/C21H19NO6S/c23-12-9-17(24)15(18(25)10-12)6-8-20(26)22-16-4-2-1-3-14(16)19-7-5-13(29-19)11-21(27)28/h1-5,7,9-10,23-25H,6,8,11H2,(H,22,26)(H,27,28). The van der Waals surface area contributed by atoms with E-state index >= 15 is 0 Å². The number of aromatic hydroxyl groups is 3. The van der Waals surface area contributed by atoms with Crippen molar-refractivity contribution >= 4 is 28.9 Å². The van der Waals surface area contributed by atoms with Gasteiger partial charge >= 0.3 is 5.97 Å². The summed E-state index contributed by atoms with van der Waals surface area (Å²) in [7, 11) is 0. The first-order valence-corrected chi connectivity index (χ1v) is 9.58. The zero-order valence-electron chi connectivity index (χ0n) is 15.3. The fraction of sp³-hybridized carbons (Fsp3) is 0.143. The minimum atomic E-state index is -0.902. The quantitative estimate of drug-likeness (QED) is 0.402. The normalized spacial score (nSPS) is 10.6. The van der Waals surface area contributed by atoms with Gasteiger partial charge in [0.1, 0.15) is 17.2 Å². The average Bonchev–Trinajstić information content (AvgIpc) is 3.08. The van der Waals surface area contributed by atoms with Crippen molar-refractivity contribution in [1.82, 2.24) is 0 Å². The molecule has 1 heterocycles. The van der Waals surface area contributed by atoms with Gasteiger partial charge in [0.05, 0.1) is 6.42 Å². The second-order valence-electron chi connectivity index (χ2n) is 6.39. The van der Waals surface area contributed by atoms with Crippen LogP contribution in [0.3, 0.4) is 0 Å². The molecule has 0 bridgehead atoms. The molecule has 0 radical (unpaired) electrons. The molecule has 0 aliphatic rings. The van der Waals surface area contributed by atoms with E-state index in [4.69, 9.17) is 5.11 Å². The minimum absolute atomic E-state index is 0.00886. The second-order valence-corrected chi connectivity index (χ2v) is 7.56. The summed E-state index contributed by atoms with van der Waals surface area (Å²) in [4.78, 5) is 24.8. The summed E-state index contributed by atoms with van der Waals surface area (Å²) in [6, 6.07) is 13.0. The predicted molar refractivity (Wildman–Crippen MR) is 109 cm³/mol. The molecule has 150 valence electrons. The van der Waals surface area contributed by atoms with Crippen molar-refractivity contribution in [2.45, 2.75) is 19.3 Å². The molecule has 0 aliphatic carbocycles. The second kappa shape index (κ2) is 8.66. The Bertz CT molecular complexity index is 1040. The Kier molecular flexibility index (Phi) is 6.04. The molecule has 3 aromatic rings. The summed E-state index contributed by atoms with van der Waals surface area (Å²) in [5.41, 5.74) is 1.54. The number of nitrogens with one attached hydrogen (secondary N) is 1. The molecule has 2 aromatic carbocycles. The van der Waals surface area contributed by atoms with Gasteiger partial charge in [0.25, 0.3) is 0 Å². The van der Waals surface area contributed by atoms with Gasteiger partial charge in [-0.15, -0.1) is 11.3 Å². The Balaban J connectivity index is 1.72. The molecule has 0 spiro atoms. The molecule has 1 aromatic heterocycles. The molecule has 0 atom stereocenters. The van der Waals surface area contributed by atoms with Crippen molar-refractivity contribution < 1.29 is 30.0 Å².